The highest BCUT2D eigenvalue weighted by atomic mass is 16.4. The molecule has 0 bridgehead atoms. The third kappa shape index (κ3) is 17.8. The summed E-state index contributed by atoms with van der Waals surface area (Å²) in [5.41, 5.74) is 0. The highest BCUT2D eigenvalue weighted by Gasteiger charge is 2.18. The van der Waals surface area contributed by atoms with E-state index < -0.39 is 5.97 Å². The van der Waals surface area contributed by atoms with Crippen LogP contribution in [-0.4, -0.2) is 41.4 Å². The van der Waals surface area contributed by atoms with Crippen molar-refractivity contribution in [2.75, 3.05) is 13.6 Å². The third-order valence-electron chi connectivity index (χ3n) is 5.01. The van der Waals surface area contributed by atoms with Crippen molar-refractivity contribution in [2.45, 2.75) is 110 Å². The molecular weight excluding hydrogens is 354 g/mol. The van der Waals surface area contributed by atoms with Crippen LogP contribution in [-0.2, 0) is 9.59 Å². The second-order valence-electron chi connectivity index (χ2n) is 7.85. The monoisotopic (exact) mass is 397 g/mol. The first-order valence-electron chi connectivity index (χ1n) is 11.3. The van der Waals surface area contributed by atoms with Crippen LogP contribution in [0.4, 0.5) is 0 Å². The number of rotatable bonds is 16. The van der Waals surface area contributed by atoms with Gasteiger partial charge in [0.25, 0.3) is 0 Å². The number of hydrogen-bond donors (Lipinski definition) is 3. The Kier molecular flexibility index (Phi) is 17.7. The maximum atomic E-state index is 10.4. The number of hydrogen-bond acceptors (Lipinski definition) is 3. The normalized spacial score (nSPS) is 13.3. The Morgan fingerprint density at radius 3 is 1.54 bits per heavy atom. The minimum atomic E-state index is -0.653. The molecule has 0 saturated carbocycles. The highest BCUT2D eigenvalue weighted by molar-refractivity contribution is 6.02. The Bertz CT molecular complexity index is 427. The van der Waals surface area contributed by atoms with E-state index >= 15 is 0 Å². The molecule has 28 heavy (non-hydrogen) atoms. The molecule has 1 saturated heterocycles. The van der Waals surface area contributed by atoms with Crippen molar-refractivity contribution in [3.05, 3.63) is 0 Å². The first-order chi connectivity index (χ1) is 13.5. The van der Waals surface area contributed by atoms with E-state index in [1.807, 2.05) is 0 Å². The molecule has 1 rings (SSSR count). The van der Waals surface area contributed by atoms with Gasteiger partial charge in [0, 0.05) is 13.5 Å². The number of nitrogens with one attached hydrogen (secondary N) is 2. The Hall–Kier alpha value is -1.59. The van der Waals surface area contributed by atoms with Crippen molar-refractivity contribution in [1.82, 2.24) is 10.2 Å². The fourth-order valence-electron chi connectivity index (χ4n) is 3.21. The molecule has 0 aromatic rings. The Morgan fingerprint density at radius 2 is 1.29 bits per heavy atom. The minimum Gasteiger partial charge on any atom is -0.481 e. The molecule has 1 fully saturated rings. The second kappa shape index (κ2) is 18.8. The van der Waals surface area contributed by atoms with Crippen molar-refractivity contribution in [2.24, 2.45) is 0 Å². The SMILES string of the molecule is CCCCCCCCCCCCCCCCCC(=O)O.CN1CC(=O)NC1=N. The van der Waals surface area contributed by atoms with Crippen molar-refractivity contribution in [3.63, 3.8) is 0 Å². The first-order valence-corrected chi connectivity index (χ1v) is 11.3. The van der Waals surface area contributed by atoms with Crippen molar-refractivity contribution < 1.29 is 14.7 Å². The van der Waals surface area contributed by atoms with E-state index in [-0.39, 0.29) is 11.9 Å². The molecule has 3 N–H and O–H groups in total. The molecule has 6 heteroatoms. The fourth-order valence-corrected chi connectivity index (χ4v) is 3.21. The van der Waals surface area contributed by atoms with E-state index in [0.717, 1.165) is 12.8 Å². The molecule has 1 aliphatic rings. The summed E-state index contributed by atoms with van der Waals surface area (Å²) < 4.78 is 0. The molecule has 0 aliphatic carbocycles. The summed E-state index contributed by atoms with van der Waals surface area (Å²) in [6.07, 6.45) is 20.2. The number of nitrogens with zero attached hydrogens (tertiary/aromatic N) is 1. The molecule has 0 radical (unpaired) electrons. The predicted molar refractivity (Wildman–Crippen MR) is 116 cm³/mol. The van der Waals surface area contributed by atoms with Crippen LogP contribution < -0.4 is 5.32 Å². The maximum Gasteiger partial charge on any atom is 0.303 e. The summed E-state index contributed by atoms with van der Waals surface area (Å²) in [7, 11) is 1.69. The zero-order valence-corrected chi connectivity index (χ0v) is 18.2. The number of amides is 1. The molecule has 1 amide bonds. The lowest BCUT2D eigenvalue weighted by molar-refractivity contribution is -0.137. The quantitative estimate of drug-likeness (QED) is 0.307. The summed E-state index contributed by atoms with van der Waals surface area (Å²) in [6, 6.07) is 0. The summed E-state index contributed by atoms with van der Waals surface area (Å²) in [5.74, 6) is -0.563. The van der Waals surface area contributed by atoms with Crippen LogP contribution in [0.1, 0.15) is 110 Å². The van der Waals surface area contributed by atoms with E-state index in [1.165, 1.54) is 83.5 Å². The summed E-state index contributed by atoms with van der Waals surface area (Å²) >= 11 is 0. The molecule has 0 atom stereocenters. The Balaban J connectivity index is 0.000000749. The van der Waals surface area contributed by atoms with Crippen LogP contribution in [0.25, 0.3) is 0 Å². The minimum absolute atomic E-state index is 0.0995. The topological polar surface area (TPSA) is 93.5 Å². The molecule has 164 valence electrons. The summed E-state index contributed by atoms with van der Waals surface area (Å²) in [6.45, 7) is 2.59. The maximum absolute atomic E-state index is 10.4. The van der Waals surface area contributed by atoms with Crippen LogP contribution in [0.2, 0.25) is 0 Å². The van der Waals surface area contributed by atoms with Crippen LogP contribution in [0.5, 0.6) is 0 Å². The van der Waals surface area contributed by atoms with Gasteiger partial charge < -0.3 is 10.0 Å². The van der Waals surface area contributed by atoms with Crippen molar-refractivity contribution in [1.29, 1.82) is 5.41 Å². The number of likely N-dealkylation sites (N-methyl/N-ethyl adjacent to an activating group) is 1. The van der Waals surface area contributed by atoms with Gasteiger partial charge in [0.2, 0.25) is 5.91 Å². The van der Waals surface area contributed by atoms with E-state index in [9.17, 15) is 9.59 Å². The van der Waals surface area contributed by atoms with Gasteiger partial charge in [0.05, 0.1) is 6.54 Å². The van der Waals surface area contributed by atoms with E-state index in [0.29, 0.717) is 13.0 Å². The predicted octanol–water partition coefficient (Wildman–Crippen LogP) is 5.32. The van der Waals surface area contributed by atoms with Gasteiger partial charge in [-0.15, -0.1) is 0 Å². The van der Waals surface area contributed by atoms with Gasteiger partial charge in [0.15, 0.2) is 5.96 Å². The number of carbonyl (C=O) groups excluding carboxylic acids is 1. The molecule has 0 spiro atoms. The van der Waals surface area contributed by atoms with Gasteiger partial charge in [0.1, 0.15) is 0 Å². The highest BCUT2D eigenvalue weighted by Crippen LogP contribution is 2.13. The lowest BCUT2D eigenvalue weighted by Gasteiger charge is -2.03. The summed E-state index contributed by atoms with van der Waals surface area (Å²) in [4.78, 5) is 22.2. The third-order valence-corrected chi connectivity index (χ3v) is 5.01. The van der Waals surface area contributed by atoms with Gasteiger partial charge >= 0.3 is 5.97 Å². The van der Waals surface area contributed by atoms with Gasteiger partial charge in [-0.1, -0.05) is 96.8 Å². The zero-order valence-electron chi connectivity index (χ0n) is 18.2. The average molecular weight is 398 g/mol. The fraction of sp³-hybridized carbons (Fsp3) is 0.864. The zero-order chi connectivity index (χ0) is 21.0. The lowest BCUT2D eigenvalue weighted by atomic mass is 10.0. The number of carboxylic acid groups (broad SMARTS) is 1. The number of aliphatic carboxylic acids is 1. The number of unbranched alkanes of at least 4 members (excludes halogenated alkanes) is 14. The van der Waals surface area contributed by atoms with Crippen LogP contribution in [0.15, 0.2) is 0 Å². The van der Waals surface area contributed by atoms with Crippen molar-refractivity contribution in [3.8, 4) is 0 Å². The molecule has 1 heterocycles. The van der Waals surface area contributed by atoms with E-state index in [4.69, 9.17) is 10.5 Å². The summed E-state index contributed by atoms with van der Waals surface area (Å²) in [5, 5.41) is 17.8. The Morgan fingerprint density at radius 1 is 0.893 bits per heavy atom. The molecule has 0 aromatic carbocycles. The first kappa shape index (κ1) is 26.4. The second-order valence-corrected chi connectivity index (χ2v) is 7.85. The van der Waals surface area contributed by atoms with Gasteiger partial charge in [-0.25, -0.2) is 0 Å². The van der Waals surface area contributed by atoms with Gasteiger partial charge in [-0.2, -0.15) is 0 Å². The lowest BCUT2D eigenvalue weighted by Crippen LogP contribution is -2.25. The van der Waals surface area contributed by atoms with Crippen LogP contribution in [0, 0.1) is 5.41 Å². The van der Waals surface area contributed by atoms with Crippen LogP contribution >= 0.6 is 0 Å². The molecular formula is C22H43N3O3. The Labute approximate surface area is 172 Å². The smallest absolute Gasteiger partial charge is 0.303 e. The standard InChI is InChI=1S/C18H36O2.C4H7N3O/c1-2-3-4-5-6-7-8-9-10-11-12-13-14-15-16-17-18(19)20;1-7-2-3(8)6-4(7)5/h2-17H2,1H3,(H,19,20);2H2,1H3,(H2,5,6,8). The van der Waals surface area contributed by atoms with E-state index in [2.05, 4.69) is 12.2 Å². The van der Waals surface area contributed by atoms with E-state index in [1.54, 1.807) is 11.9 Å². The number of carboxylic acids is 1. The van der Waals surface area contributed by atoms with Crippen LogP contribution in [0.3, 0.4) is 0 Å². The molecule has 0 unspecified atom stereocenters. The van der Waals surface area contributed by atoms with Gasteiger partial charge in [-0.05, 0) is 6.42 Å². The average Bonchev–Trinajstić information content (AvgIpc) is 2.94. The van der Waals surface area contributed by atoms with Crippen molar-refractivity contribution >= 4 is 17.8 Å². The molecule has 1 aliphatic heterocycles. The van der Waals surface area contributed by atoms with Gasteiger partial charge in [-0.3, -0.25) is 20.3 Å². The molecule has 6 nitrogen and oxygen atoms in total. The largest absolute Gasteiger partial charge is 0.481 e. The number of carbonyl (C=O) groups is 2. The molecule has 0 aromatic heterocycles. The number of guanidine groups is 1.